The Morgan fingerprint density at radius 1 is 1.24 bits per heavy atom. The van der Waals surface area contributed by atoms with Crippen molar-refractivity contribution in [2.45, 2.75) is 46.2 Å². The molecule has 0 bridgehead atoms. The maximum Gasteiger partial charge on any atom is 0.169 e. The maximum absolute atomic E-state index is 5.75. The van der Waals surface area contributed by atoms with Gasteiger partial charge in [0.15, 0.2) is 5.11 Å². The molecule has 154 valence electrons. The third-order valence-electron chi connectivity index (χ3n) is 4.81. The van der Waals surface area contributed by atoms with Gasteiger partial charge in [-0.2, -0.15) is 0 Å². The molecule has 5 nitrogen and oxygen atoms in total. The lowest BCUT2D eigenvalue weighted by Gasteiger charge is -2.31. The van der Waals surface area contributed by atoms with Gasteiger partial charge in [0.25, 0.3) is 0 Å². The Hall–Kier alpha value is -2.60. The molecule has 0 atom stereocenters. The second-order valence-corrected chi connectivity index (χ2v) is 8.70. The first-order valence-corrected chi connectivity index (χ1v) is 10.3. The van der Waals surface area contributed by atoms with E-state index in [0.717, 1.165) is 35.0 Å². The Morgan fingerprint density at radius 2 is 2.03 bits per heavy atom. The largest absolute Gasteiger partial charge is 0.497 e. The van der Waals surface area contributed by atoms with Crippen LogP contribution in [0.4, 0.5) is 0 Å². The zero-order valence-corrected chi connectivity index (χ0v) is 18.7. The summed E-state index contributed by atoms with van der Waals surface area (Å²) in [6, 6.07) is 12.1. The van der Waals surface area contributed by atoms with Crippen molar-refractivity contribution in [2.24, 2.45) is 0 Å². The number of nitrogens with one attached hydrogen (secondary N) is 2. The SMILES string of the molecule is COc1ccc2[nH]c(C)c(CCN(Cc3ccccn3)C(=S)NC(C)(C)C)c2c1. The second kappa shape index (κ2) is 8.82. The molecule has 0 fully saturated rings. The average molecular weight is 411 g/mol. The molecule has 0 aliphatic heterocycles. The van der Waals surface area contributed by atoms with Gasteiger partial charge >= 0.3 is 0 Å². The molecule has 1 aromatic carbocycles. The predicted octanol–water partition coefficient (Wildman–Crippen LogP) is 4.60. The molecular weight excluding hydrogens is 380 g/mol. The molecule has 0 aliphatic rings. The number of pyridine rings is 1. The third kappa shape index (κ3) is 5.48. The summed E-state index contributed by atoms with van der Waals surface area (Å²) in [5.74, 6) is 0.869. The summed E-state index contributed by atoms with van der Waals surface area (Å²) in [6.45, 7) is 9.95. The Balaban J connectivity index is 1.83. The standard InChI is InChI=1S/C23H30N4OS/c1-16-19(20-14-18(28-5)9-10-21(20)25-16)11-13-27(22(29)26-23(2,3)4)15-17-8-6-7-12-24-17/h6-10,12,14,25H,11,13,15H2,1-5H3,(H,26,29). The molecule has 6 heteroatoms. The highest BCUT2D eigenvalue weighted by molar-refractivity contribution is 7.80. The number of aromatic amines is 1. The summed E-state index contributed by atoms with van der Waals surface area (Å²) < 4.78 is 5.42. The molecule has 0 unspecified atom stereocenters. The number of thiocarbonyl (C=S) groups is 1. The smallest absolute Gasteiger partial charge is 0.169 e. The fourth-order valence-corrected chi connectivity index (χ4v) is 3.86. The van der Waals surface area contributed by atoms with Gasteiger partial charge in [-0.15, -0.1) is 0 Å². The van der Waals surface area contributed by atoms with Crippen LogP contribution in [0, 0.1) is 6.92 Å². The number of methoxy groups -OCH3 is 1. The van der Waals surface area contributed by atoms with Crippen molar-refractivity contribution >= 4 is 28.2 Å². The Bertz CT molecular complexity index is 976. The minimum atomic E-state index is -0.0937. The molecule has 2 N–H and O–H groups in total. The van der Waals surface area contributed by atoms with Gasteiger partial charge in [0.1, 0.15) is 5.75 Å². The van der Waals surface area contributed by atoms with Gasteiger partial charge in [0.05, 0.1) is 19.3 Å². The molecule has 0 saturated heterocycles. The number of aryl methyl sites for hydroxylation is 1. The molecule has 0 amide bonds. The number of aromatic nitrogens is 2. The summed E-state index contributed by atoms with van der Waals surface area (Å²) in [6.07, 6.45) is 2.70. The predicted molar refractivity (Wildman–Crippen MR) is 123 cm³/mol. The van der Waals surface area contributed by atoms with Crippen LogP contribution in [0.3, 0.4) is 0 Å². The van der Waals surface area contributed by atoms with Gasteiger partial charge < -0.3 is 19.9 Å². The van der Waals surface area contributed by atoms with Crippen molar-refractivity contribution in [2.75, 3.05) is 13.7 Å². The number of ether oxygens (including phenoxy) is 1. The van der Waals surface area contributed by atoms with Crippen molar-refractivity contribution in [3.05, 3.63) is 59.5 Å². The lowest BCUT2D eigenvalue weighted by molar-refractivity contribution is 0.381. The van der Waals surface area contributed by atoms with E-state index < -0.39 is 0 Å². The number of nitrogens with zero attached hydrogens (tertiary/aromatic N) is 2. The molecular formula is C23H30N4OS. The lowest BCUT2D eigenvalue weighted by atomic mass is 10.1. The fourth-order valence-electron chi connectivity index (χ4n) is 3.40. The van der Waals surface area contributed by atoms with Crippen LogP contribution in [-0.2, 0) is 13.0 Å². The van der Waals surface area contributed by atoms with Crippen molar-refractivity contribution in [1.82, 2.24) is 20.2 Å². The highest BCUT2D eigenvalue weighted by Gasteiger charge is 2.18. The number of rotatable bonds is 6. The van der Waals surface area contributed by atoms with Gasteiger partial charge in [-0.1, -0.05) is 6.07 Å². The van der Waals surface area contributed by atoms with E-state index in [1.807, 2.05) is 30.5 Å². The fraction of sp³-hybridized carbons (Fsp3) is 0.391. The van der Waals surface area contributed by atoms with Crippen molar-refractivity contribution < 1.29 is 4.74 Å². The number of hydrogen-bond acceptors (Lipinski definition) is 3. The number of H-pyrrole nitrogens is 1. The first kappa shape index (κ1) is 21.1. The van der Waals surface area contributed by atoms with E-state index in [4.69, 9.17) is 17.0 Å². The topological polar surface area (TPSA) is 53.2 Å². The number of benzene rings is 1. The number of fused-ring (bicyclic) bond motifs is 1. The highest BCUT2D eigenvalue weighted by Crippen LogP contribution is 2.27. The zero-order chi connectivity index (χ0) is 21.0. The average Bonchev–Trinajstić information content (AvgIpc) is 2.98. The summed E-state index contributed by atoms with van der Waals surface area (Å²) in [5.41, 5.74) is 4.51. The minimum Gasteiger partial charge on any atom is -0.497 e. The van der Waals surface area contributed by atoms with Crippen LogP contribution in [-0.4, -0.2) is 39.2 Å². The lowest BCUT2D eigenvalue weighted by Crippen LogP contribution is -2.48. The van der Waals surface area contributed by atoms with E-state index in [1.165, 1.54) is 16.6 Å². The van der Waals surface area contributed by atoms with Crippen LogP contribution in [0.15, 0.2) is 42.6 Å². The molecule has 0 radical (unpaired) electrons. The Labute approximate surface area is 178 Å². The molecule has 29 heavy (non-hydrogen) atoms. The normalized spacial score (nSPS) is 11.5. The van der Waals surface area contributed by atoms with Gasteiger partial charge in [0, 0.05) is 34.9 Å². The third-order valence-corrected chi connectivity index (χ3v) is 5.17. The molecule has 2 heterocycles. The molecule has 0 aliphatic carbocycles. The molecule has 3 aromatic rings. The quantitative estimate of drug-likeness (QED) is 0.582. The van der Waals surface area contributed by atoms with Crippen LogP contribution in [0.1, 0.15) is 37.7 Å². The van der Waals surface area contributed by atoms with Crippen molar-refractivity contribution in [1.29, 1.82) is 0 Å². The molecule has 0 spiro atoms. The Morgan fingerprint density at radius 3 is 2.69 bits per heavy atom. The first-order valence-electron chi connectivity index (χ1n) is 9.89. The zero-order valence-electron chi connectivity index (χ0n) is 17.9. The van der Waals surface area contributed by atoms with Gasteiger partial charge in [-0.3, -0.25) is 4.98 Å². The van der Waals surface area contributed by atoms with Gasteiger partial charge in [-0.05, 0) is 82.2 Å². The van der Waals surface area contributed by atoms with Crippen LogP contribution in [0.2, 0.25) is 0 Å². The summed E-state index contributed by atoms with van der Waals surface area (Å²) in [4.78, 5) is 10.2. The van der Waals surface area contributed by atoms with Crippen LogP contribution >= 0.6 is 12.2 Å². The molecule has 0 saturated carbocycles. The van der Waals surface area contributed by atoms with E-state index in [2.05, 4.69) is 60.0 Å². The van der Waals surface area contributed by atoms with Gasteiger partial charge in [-0.25, -0.2) is 0 Å². The van der Waals surface area contributed by atoms with E-state index in [9.17, 15) is 0 Å². The summed E-state index contributed by atoms with van der Waals surface area (Å²) in [5, 5.41) is 5.39. The Kier molecular flexibility index (Phi) is 6.42. The van der Waals surface area contributed by atoms with Crippen LogP contribution in [0.5, 0.6) is 5.75 Å². The van der Waals surface area contributed by atoms with Crippen LogP contribution in [0.25, 0.3) is 10.9 Å². The molecule has 3 rings (SSSR count). The van der Waals surface area contributed by atoms with Gasteiger partial charge in [0.2, 0.25) is 0 Å². The second-order valence-electron chi connectivity index (χ2n) is 8.31. The van der Waals surface area contributed by atoms with E-state index in [-0.39, 0.29) is 5.54 Å². The molecule has 2 aromatic heterocycles. The van der Waals surface area contributed by atoms with E-state index in [0.29, 0.717) is 6.54 Å². The number of hydrogen-bond donors (Lipinski definition) is 2. The maximum atomic E-state index is 5.75. The summed E-state index contributed by atoms with van der Waals surface area (Å²) in [7, 11) is 1.70. The van der Waals surface area contributed by atoms with Crippen molar-refractivity contribution in [3.63, 3.8) is 0 Å². The first-order chi connectivity index (χ1) is 13.8. The minimum absolute atomic E-state index is 0.0937. The van der Waals surface area contributed by atoms with E-state index in [1.54, 1.807) is 7.11 Å². The summed E-state index contributed by atoms with van der Waals surface area (Å²) >= 11 is 5.75. The van der Waals surface area contributed by atoms with Crippen LogP contribution < -0.4 is 10.1 Å². The van der Waals surface area contributed by atoms with E-state index >= 15 is 0 Å². The van der Waals surface area contributed by atoms with Crippen molar-refractivity contribution in [3.8, 4) is 5.75 Å². The highest BCUT2D eigenvalue weighted by atomic mass is 32.1. The monoisotopic (exact) mass is 410 g/mol.